The molecule has 0 fully saturated rings. The maximum Gasteiger partial charge on any atom is 2.00 e. The van der Waals surface area contributed by atoms with Crippen molar-refractivity contribution in [3.05, 3.63) is 165 Å². The molecule has 3 aromatic heterocycles. The van der Waals surface area contributed by atoms with Crippen molar-refractivity contribution in [3.63, 3.8) is 0 Å². The van der Waals surface area contributed by atoms with Crippen LogP contribution in [0.2, 0.25) is 0 Å². The minimum Gasteiger partial charge on any atom is -0.357 e. The fourth-order valence-electron chi connectivity index (χ4n) is 7.74. The predicted octanol–water partition coefficient (Wildman–Crippen LogP) is 11.7. The molecule has 5 heterocycles. The summed E-state index contributed by atoms with van der Waals surface area (Å²) in [7, 11) is 0. The third kappa shape index (κ3) is 8.43. The number of rotatable bonds is 0. The molecule has 0 radical (unpaired) electrons. The van der Waals surface area contributed by atoms with Crippen LogP contribution in [0.5, 0.6) is 0 Å². The molecule has 2 aliphatic rings. The molecule has 0 amide bonds. The van der Waals surface area contributed by atoms with Gasteiger partial charge in [-0.15, -0.1) is 0 Å². The van der Waals surface area contributed by atoms with Crippen molar-refractivity contribution < 1.29 is 19.5 Å². The molecule has 0 aliphatic carbocycles. The first kappa shape index (κ1) is 43.9. The second-order valence-corrected chi connectivity index (χ2v) is 16.4. The first-order valence-electron chi connectivity index (χ1n) is 21.0. The van der Waals surface area contributed by atoms with Crippen LogP contribution >= 0.6 is 0 Å². The second-order valence-electron chi connectivity index (χ2n) is 16.4. The molecule has 11 heteroatoms. The van der Waals surface area contributed by atoms with Crippen molar-refractivity contribution >= 4 is 44.1 Å². The molecule has 0 saturated carbocycles. The van der Waals surface area contributed by atoms with Gasteiger partial charge in [-0.3, -0.25) is 0 Å². The molecular formula is C54H42N10Ru. The summed E-state index contributed by atoms with van der Waals surface area (Å²) in [5, 5.41) is 20.3. The number of aromatic nitrogens is 8. The van der Waals surface area contributed by atoms with Gasteiger partial charge in [0.05, 0.1) is 46.6 Å². The molecule has 0 spiro atoms. The molecule has 0 unspecified atom stereocenters. The van der Waals surface area contributed by atoms with Gasteiger partial charge in [0.25, 0.3) is 0 Å². The maximum absolute atomic E-state index is 8.29. The Kier molecular flexibility index (Phi) is 12.0. The number of hydrogen-bond acceptors (Lipinski definition) is 8. The van der Waals surface area contributed by atoms with Gasteiger partial charge in [-0.25, -0.2) is 9.97 Å². The van der Waals surface area contributed by atoms with E-state index in [0.29, 0.717) is 57.0 Å². The van der Waals surface area contributed by atoms with Crippen molar-refractivity contribution in [3.8, 4) is 57.7 Å². The Morgan fingerprint density at radius 3 is 0.785 bits per heavy atom. The Morgan fingerprint density at radius 2 is 0.569 bits per heavy atom. The fourth-order valence-corrected chi connectivity index (χ4v) is 7.74. The molecule has 0 atom stereocenters. The monoisotopic (exact) mass is 932 g/mol. The Hall–Kier alpha value is -7.72. The predicted molar refractivity (Wildman–Crippen MR) is 254 cm³/mol. The zero-order valence-electron chi connectivity index (χ0n) is 37.2. The maximum atomic E-state index is 8.29. The standard InChI is InChI=1S/C40H32N8.2C7H5N.Ru/c1-17-9-25-26(10-18(17)2)34-41-33(25)45-35-27-11-19(3)20(4)12-28(27)37(42-35)47-39-31-15-23(7)24(8)16-32(31)40(44-39)48-38-30-14-22(6)21(5)13-29(30)36(43-38)46-34;2*8-6-7-4-2-1-3-5-7;/h9-16H,1-8H3;2*1-5H;/q-2;;;+2. The number of aryl methyl sites for hydroxylation is 8. The van der Waals surface area contributed by atoms with E-state index >= 15 is 0 Å². The molecule has 9 aromatic rings. The molecule has 10 nitrogen and oxygen atoms in total. The van der Waals surface area contributed by atoms with Gasteiger partial charge in [0.15, 0.2) is 0 Å². The Balaban J connectivity index is 0.000000286. The van der Waals surface area contributed by atoms with Crippen LogP contribution in [0.3, 0.4) is 0 Å². The molecule has 65 heavy (non-hydrogen) atoms. The quantitative estimate of drug-likeness (QED) is 0.134. The molecule has 6 aromatic carbocycles. The topological polar surface area (TPSA) is 153 Å². The van der Waals surface area contributed by atoms with Crippen molar-refractivity contribution in [2.24, 2.45) is 0 Å². The average Bonchev–Trinajstić information content (AvgIpc) is 4.00. The SMILES string of the molecule is Cc1cc2c(cc1C)-c1nc-2nc2[n-]c(nc3nc(nc4[n-]c(n1)c1cc(C)c(C)cc41)-c1cc(C)c(C)cc1-3)c1cc(C)c(C)cc21.N#Cc1ccccc1.N#Cc1ccccc1.[Ru+2]. The summed E-state index contributed by atoms with van der Waals surface area (Å²) >= 11 is 0. The van der Waals surface area contributed by atoms with Crippen LogP contribution in [0.15, 0.2) is 109 Å². The van der Waals surface area contributed by atoms with Crippen LogP contribution in [-0.2, 0) is 19.5 Å². The summed E-state index contributed by atoms with van der Waals surface area (Å²) in [6.45, 7) is 16.9. The van der Waals surface area contributed by atoms with Crippen molar-refractivity contribution in [2.45, 2.75) is 55.4 Å². The van der Waals surface area contributed by atoms with Gasteiger partial charge in [0.1, 0.15) is 0 Å². The number of nitriles is 2. The van der Waals surface area contributed by atoms with E-state index in [4.69, 9.17) is 50.4 Å². The average molecular weight is 932 g/mol. The zero-order valence-corrected chi connectivity index (χ0v) is 39.0. The van der Waals surface area contributed by atoms with E-state index in [1.165, 1.54) is 0 Å². The minimum absolute atomic E-state index is 0. The summed E-state index contributed by atoms with van der Waals surface area (Å²) in [5.74, 6) is 2.28. The largest absolute Gasteiger partial charge is 2.00 e. The molecule has 11 rings (SSSR count). The summed E-state index contributed by atoms with van der Waals surface area (Å²) in [4.78, 5) is 40.8. The summed E-state index contributed by atoms with van der Waals surface area (Å²) < 4.78 is 0. The first-order valence-corrected chi connectivity index (χ1v) is 21.0. The van der Waals surface area contributed by atoms with Gasteiger partial charge in [0.2, 0.25) is 0 Å². The number of nitrogens with zero attached hydrogens (tertiary/aromatic N) is 10. The van der Waals surface area contributed by atoms with Crippen LogP contribution in [0.25, 0.3) is 89.7 Å². The second kappa shape index (κ2) is 17.8. The van der Waals surface area contributed by atoms with E-state index in [-0.39, 0.29) is 19.5 Å². The number of fused-ring (bicyclic) bond motifs is 20. The van der Waals surface area contributed by atoms with Crippen molar-refractivity contribution in [1.29, 1.82) is 10.5 Å². The van der Waals surface area contributed by atoms with Crippen LogP contribution < -0.4 is 9.97 Å². The van der Waals surface area contributed by atoms with Crippen LogP contribution in [0.4, 0.5) is 0 Å². The Labute approximate surface area is 390 Å². The Bertz CT molecular complexity index is 3200. The summed E-state index contributed by atoms with van der Waals surface area (Å²) in [5.41, 5.74) is 16.7. The zero-order chi connectivity index (χ0) is 44.8. The summed E-state index contributed by atoms with van der Waals surface area (Å²) in [6.07, 6.45) is 0. The van der Waals surface area contributed by atoms with E-state index in [9.17, 15) is 0 Å². The van der Waals surface area contributed by atoms with Gasteiger partial charge in [0, 0.05) is 44.8 Å². The number of benzene rings is 6. The van der Waals surface area contributed by atoms with Crippen LogP contribution in [0.1, 0.15) is 55.6 Å². The normalized spacial score (nSPS) is 10.9. The van der Waals surface area contributed by atoms with E-state index in [2.05, 4.69) is 104 Å². The smallest absolute Gasteiger partial charge is 0.357 e. The van der Waals surface area contributed by atoms with Gasteiger partial charge in [-0.05, 0) is 170 Å². The minimum atomic E-state index is 0. The molecular weight excluding hydrogens is 890 g/mol. The van der Waals surface area contributed by atoms with E-state index in [1.54, 1.807) is 24.3 Å². The van der Waals surface area contributed by atoms with Gasteiger partial charge >= 0.3 is 19.5 Å². The molecule has 0 saturated heterocycles. The first-order chi connectivity index (χ1) is 30.9. The third-order valence-electron chi connectivity index (χ3n) is 12.0. The van der Waals surface area contributed by atoms with Crippen LogP contribution in [-0.4, -0.2) is 29.9 Å². The van der Waals surface area contributed by atoms with Gasteiger partial charge in [-0.2, -0.15) is 10.5 Å². The van der Waals surface area contributed by atoms with E-state index < -0.39 is 0 Å². The van der Waals surface area contributed by atoms with Gasteiger partial charge in [-0.1, -0.05) is 60.7 Å². The fraction of sp³-hybridized carbons (Fsp3) is 0.148. The molecule has 8 bridgehead atoms. The van der Waals surface area contributed by atoms with E-state index in [1.807, 2.05) is 48.5 Å². The molecule has 0 N–H and O–H groups in total. The van der Waals surface area contributed by atoms with E-state index in [0.717, 1.165) is 88.3 Å². The van der Waals surface area contributed by atoms with Gasteiger partial charge < -0.3 is 29.9 Å². The molecule has 316 valence electrons. The summed E-state index contributed by atoms with van der Waals surface area (Å²) in [6, 6.07) is 39.5. The molecule has 2 aliphatic heterocycles. The van der Waals surface area contributed by atoms with Crippen molar-refractivity contribution in [2.75, 3.05) is 0 Å². The van der Waals surface area contributed by atoms with Crippen molar-refractivity contribution in [1.82, 2.24) is 39.9 Å². The Morgan fingerprint density at radius 1 is 0.338 bits per heavy atom. The van der Waals surface area contributed by atoms with Crippen LogP contribution in [0, 0.1) is 78.1 Å². The number of hydrogen-bond donors (Lipinski definition) is 0. The third-order valence-corrected chi connectivity index (χ3v) is 12.0.